The molecule has 6 nitrogen and oxygen atoms in total. The summed E-state index contributed by atoms with van der Waals surface area (Å²) in [5, 5.41) is 3.57. The van der Waals surface area contributed by atoms with Crippen molar-refractivity contribution in [1.82, 2.24) is 10.2 Å². The maximum atomic E-state index is 14.0. The number of carbonyl (C=O) groups excluding carboxylic acids is 2. The summed E-state index contributed by atoms with van der Waals surface area (Å²) >= 11 is 12.2. The highest BCUT2D eigenvalue weighted by Crippen LogP contribution is 2.31. The van der Waals surface area contributed by atoms with E-state index in [1.807, 2.05) is 6.92 Å². The molecule has 0 aliphatic carbocycles. The topological polar surface area (TPSA) is 67.9 Å². The fourth-order valence-corrected chi connectivity index (χ4v) is 3.94. The molecule has 1 heterocycles. The molecule has 4 rings (SSSR count). The molecule has 35 heavy (non-hydrogen) atoms. The zero-order valence-corrected chi connectivity index (χ0v) is 20.2. The summed E-state index contributed by atoms with van der Waals surface area (Å²) < 4.78 is 25.6. The number of carbonyl (C=O) groups is 2. The molecule has 1 aliphatic heterocycles. The lowest BCUT2D eigenvalue weighted by Crippen LogP contribution is -2.30. The molecule has 0 aromatic heterocycles. The average Bonchev–Trinajstić information content (AvgIpc) is 3.08. The number of rotatable bonds is 8. The molecule has 3 amide bonds. The van der Waals surface area contributed by atoms with Crippen molar-refractivity contribution in [1.29, 1.82) is 0 Å². The van der Waals surface area contributed by atoms with E-state index in [4.69, 9.17) is 32.7 Å². The normalized spacial score (nSPS) is 14.4. The van der Waals surface area contributed by atoms with Gasteiger partial charge in [0.05, 0.1) is 13.2 Å². The number of amides is 3. The first-order chi connectivity index (χ1) is 16.9. The highest BCUT2D eigenvalue weighted by Gasteiger charge is 2.34. The van der Waals surface area contributed by atoms with Gasteiger partial charge in [0.25, 0.3) is 5.91 Å². The van der Waals surface area contributed by atoms with Crippen LogP contribution in [0.2, 0.25) is 10.0 Å². The first kappa shape index (κ1) is 24.6. The van der Waals surface area contributed by atoms with E-state index in [1.165, 1.54) is 18.2 Å². The van der Waals surface area contributed by atoms with Crippen LogP contribution in [0.15, 0.2) is 66.4 Å². The lowest BCUT2D eigenvalue weighted by molar-refractivity contribution is -0.123. The molecule has 1 fully saturated rings. The molecule has 0 radical (unpaired) electrons. The van der Waals surface area contributed by atoms with Gasteiger partial charge < -0.3 is 14.8 Å². The highest BCUT2D eigenvalue weighted by atomic mass is 35.5. The smallest absolute Gasteiger partial charge is 0.329 e. The number of nitrogens with one attached hydrogen (secondary N) is 1. The van der Waals surface area contributed by atoms with E-state index in [0.717, 1.165) is 10.5 Å². The van der Waals surface area contributed by atoms with Crippen molar-refractivity contribution in [2.24, 2.45) is 0 Å². The molecule has 1 aliphatic rings. The minimum atomic E-state index is -0.616. The van der Waals surface area contributed by atoms with Crippen LogP contribution in [-0.4, -0.2) is 23.4 Å². The molecule has 0 spiro atoms. The molecule has 0 atom stereocenters. The second kappa shape index (κ2) is 10.8. The summed E-state index contributed by atoms with van der Waals surface area (Å²) in [6, 6.07) is 15.7. The van der Waals surface area contributed by atoms with E-state index < -0.39 is 17.8 Å². The predicted molar refractivity (Wildman–Crippen MR) is 132 cm³/mol. The van der Waals surface area contributed by atoms with Crippen molar-refractivity contribution < 1.29 is 23.5 Å². The lowest BCUT2D eigenvalue weighted by atomic mass is 10.1. The van der Waals surface area contributed by atoms with Crippen molar-refractivity contribution in [3.05, 3.63) is 98.9 Å². The maximum absolute atomic E-state index is 14.0. The first-order valence-electron chi connectivity index (χ1n) is 10.8. The first-order valence-corrected chi connectivity index (χ1v) is 11.5. The van der Waals surface area contributed by atoms with Crippen LogP contribution in [-0.2, 0) is 17.9 Å². The standard InChI is InChI=1S/C26H21Cl2FN2O4/c1-2-34-24-12-16(7-10-23(24)35-15-18-8-9-19(27)13-20(18)28)11-22-25(32)31(26(33)30-22)14-17-5-3-4-6-21(17)29/h3-13H,2,14-15H2,1H3,(H,30,33)/b22-11+. The number of hydrogen-bond donors (Lipinski definition) is 1. The van der Waals surface area contributed by atoms with Gasteiger partial charge in [-0.25, -0.2) is 9.18 Å². The zero-order valence-electron chi connectivity index (χ0n) is 18.7. The van der Waals surface area contributed by atoms with Gasteiger partial charge in [0.15, 0.2) is 11.5 Å². The Morgan fingerprint density at radius 1 is 0.971 bits per heavy atom. The van der Waals surface area contributed by atoms with Gasteiger partial charge in [-0.3, -0.25) is 9.69 Å². The van der Waals surface area contributed by atoms with Crippen molar-refractivity contribution in [3.63, 3.8) is 0 Å². The number of ether oxygens (including phenoxy) is 2. The van der Waals surface area contributed by atoms with Crippen LogP contribution in [0.25, 0.3) is 6.08 Å². The van der Waals surface area contributed by atoms with Crippen LogP contribution in [0.3, 0.4) is 0 Å². The van der Waals surface area contributed by atoms with Gasteiger partial charge in [-0.1, -0.05) is 53.5 Å². The van der Waals surface area contributed by atoms with Crippen LogP contribution in [0.5, 0.6) is 11.5 Å². The van der Waals surface area contributed by atoms with Gasteiger partial charge in [0, 0.05) is 21.2 Å². The largest absolute Gasteiger partial charge is 0.490 e. The number of benzene rings is 3. The number of halogens is 3. The molecule has 180 valence electrons. The number of urea groups is 1. The third kappa shape index (κ3) is 5.75. The summed E-state index contributed by atoms with van der Waals surface area (Å²) in [4.78, 5) is 26.1. The quantitative estimate of drug-likeness (QED) is 0.287. The second-order valence-corrected chi connectivity index (χ2v) is 8.48. The van der Waals surface area contributed by atoms with E-state index in [-0.39, 0.29) is 24.4 Å². The van der Waals surface area contributed by atoms with E-state index in [0.29, 0.717) is 33.7 Å². The Hall–Kier alpha value is -3.55. The Kier molecular flexibility index (Phi) is 7.58. The summed E-state index contributed by atoms with van der Waals surface area (Å²) in [6.45, 7) is 2.27. The summed E-state index contributed by atoms with van der Waals surface area (Å²) in [7, 11) is 0. The zero-order chi connectivity index (χ0) is 24.9. The Morgan fingerprint density at radius 2 is 1.77 bits per heavy atom. The van der Waals surface area contributed by atoms with Crippen LogP contribution in [0.1, 0.15) is 23.6 Å². The maximum Gasteiger partial charge on any atom is 0.329 e. The molecule has 3 aromatic rings. The molecule has 0 bridgehead atoms. The third-order valence-corrected chi connectivity index (χ3v) is 5.81. The van der Waals surface area contributed by atoms with Crippen LogP contribution in [0, 0.1) is 5.82 Å². The minimum absolute atomic E-state index is 0.0791. The highest BCUT2D eigenvalue weighted by molar-refractivity contribution is 6.35. The van der Waals surface area contributed by atoms with Gasteiger partial charge in [0.2, 0.25) is 0 Å². The summed E-state index contributed by atoms with van der Waals surface area (Å²) in [5.41, 5.74) is 1.70. The lowest BCUT2D eigenvalue weighted by Gasteiger charge is -2.14. The van der Waals surface area contributed by atoms with Crippen molar-refractivity contribution in [2.75, 3.05) is 6.61 Å². The SMILES string of the molecule is CCOc1cc(/C=C2/NC(=O)N(Cc3ccccc3F)C2=O)ccc1OCc1ccc(Cl)cc1Cl. The van der Waals surface area contributed by atoms with E-state index in [9.17, 15) is 14.0 Å². The van der Waals surface area contributed by atoms with Gasteiger partial charge >= 0.3 is 6.03 Å². The molecular formula is C26H21Cl2FN2O4. The Morgan fingerprint density at radius 3 is 2.51 bits per heavy atom. The number of imide groups is 1. The van der Waals surface area contributed by atoms with Crippen molar-refractivity contribution in [2.45, 2.75) is 20.1 Å². The van der Waals surface area contributed by atoms with Gasteiger partial charge in [-0.15, -0.1) is 0 Å². The number of nitrogens with zero attached hydrogens (tertiary/aromatic N) is 1. The Bertz CT molecular complexity index is 1310. The van der Waals surface area contributed by atoms with Gasteiger partial charge in [-0.2, -0.15) is 0 Å². The van der Waals surface area contributed by atoms with E-state index >= 15 is 0 Å². The average molecular weight is 515 g/mol. The molecule has 9 heteroatoms. The molecule has 1 N–H and O–H groups in total. The predicted octanol–water partition coefficient (Wildman–Crippen LogP) is 6.20. The van der Waals surface area contributed by atoms with Crippen LogP contribution < -0.4 is 14.8 Å². The van der Waals surface area contributed by atoms with Crippen LogP contribution in [0.4, 0.5) is 9.18 Å². The summed E-state index contributed by atoms with van der Waals surface area (Å²) in [6.07, 6.45) is 1.53. The molecule has 3 aromatic carbocycles. The summed E-state index contributed by atoms with van der Waals surface area (Å²) in [5.74, 6) is -0.0776. The van der Waals surface area contributed by atoms with Crippen molar-refractivity contribution >= 4 is 41.2 Å². The van der Waals surface area contributed by atoms with Crippen molar-refractivity contribution in [3.8, 4) is 11.5 Å². The Labute approximate surface area is 211 Å². The molecular weight excluding hydrogens is 494 g/mol. The monoisotopic (exact) mass is 514 g/mol. The molecule has 1 saturated heterocycles. The Balaban J connectivity index is 1.52. The van der Waals surface area contributed by atoms with Gasteiger partial charge in [-0.05, 0) is 48.9 Å². The van der Waals surface area contributed by atoms with Gasteiger partial charge in [0.1, 0.15) is 18.1 Å². The number of hydrogen-bond acceptors (Lipinski definition) is 4. The van der Waals surface area contributed by atoms with E-state index in [2.05, 4.69) is 5.32 Å². The molecule has 0 saturated carbocycles. The van der Waals surface area contributed by atoms with Crippen LogP contribution >= 0.6 is 23.2 Å². The third-order valence-electron chi connectivity index (χ3n) is 5.23. The second-order valence-electron chi connectivity index (χ2n) is 7.63. The molecule has 0 unspecified atom stereocenters. The van der Waals surface area contributed by atoms with E-state index in [1.54, 1.807) is 48.5 Å². The minimum Gasteiger partial charge on any atom is -0.490 e. The fraction of sp³-hybridized carbons (Fsp3) is 0.154. The fourth-order valence-electron chi connectivity index (χ4n) is 3.48.